The third-order valence-corrected chi connectivity index (χ3v) is 6.76. The van der Waals surface area contributed by atoms with Crippen LogP contribution in [0.1, 0.15) is 11.6 Å². The monoisotopic (exact) mass is 390 g/mol. The number of nitrogens with one attached hydrogen (secondary N) is 1. The van der Waals surface area contributed by atoms with Crippen LogP contribution < -0.4 is 9.46 Å². The Labute approximate surface area is 158 Å². The van der Waals surface area contributed by atoms with Crippen LogP contribution in [0.15, 0.2) is 58.8 Å². The number of thiophene rings is 1. The zero-order valence-electron chi connectivity index (χ0n) is 15.0. The molecular weight excluding hydrogens is 368 g/mol. The summed E-state index contributed by atoms with van der Waals surface area (Å²) < 4.78 is 34.7. The first kappa shape index (κ1) is 18.8. The molecule has 0 aliphatic carbocycles. The number of likely N-dealkylation sites (N-methyl/N-ethyl adjacent to an activating group) is 1. The molecule has 0 saturated carbocycles. The molecule has 0 amide bonds. The predicted molar refractivity (Wildman–Crippen MR) is 106 cm³/mol. The number of fused-ring (bicyclic) bond motifs is 1. The first-order valence-electron chi connectivity index (χ1n) is 8.19. The number of hydrogen-bond acceptors (Lipinski definition) is 5. The Hall–Kier alpha value is -1.93. The van der Waals surface area contributed by atoms with E-state index in [1.165, 1.54) is 11.8 Å². The summed E-state index contributed by atoms with van der Waals surface area (Å²) in [6.45, 7) is 0.272. The summed E-state index contributed by atoms with van der Waals surface area (Å²) in [5.41, 5.74) is 1.12. The van der Waals surface area contributed by atoms with Crippen molar-refractivity contribution in [1.29, 1.82) is 0 Å². The fourth-order valence-corrected chi connectivity index (χ4v) is 5.15. The van der Waals surface area contributed by atoms with E-state index < -0.39 is 10.0 Å². The molecule has 0 saturated heterocycles. The van der Waals surface area contributed by atoms with Crippen LogP contribution in [0.3, 0.4) is 0 Å². The van der Waals surface area contributed by atoms with Crippen molar-refractivity contribution in [2.45, 2.75) is 10.9 Å². The zero-order valence-corrected chi connectivity index (χ0v) is 16.6. The molecule has 2 aromatic carbocycles. The van der Waals surface area contributed by atoms with Crippen molar-refractivity contribution in [2.75, 3.05) is 27.7 Å². The van der Waals surface area contributed by atoms with E-state index in [0.717, 1.165) is 10.9 Å². The smallest absolute Gasteiger partial charge is 0.244 e. The third-order valence-electron chi connectivity index (χ3n) is 4.32. The van der Waals surface area contributed by atoms with Crippen LogP contribution in [0.2, 0.25) is 0 Å². The summed E-state index contributed by atoms with van der Waals surface area (Å²) in [7, 11) is 1.70. The lowest BCUT2D eigenvalue weighted by Gasteiger charge is -2.24. The molecule has 1 N–H and O–H groups in total. The van der Waals surface area contributed by atoms with Crippen LogP contribution in [-0.4, -0.2) is 41.1 Å². The van der Waals surface area contributed by atoms with Gasteiger partial charge in [-0.2, -0.15) is 0 Å². The summed E-state index contributed by atoms with van der Waals surface area (Å²) in [4.78, 5) is 2.18. The Kier molecular flexibility index (Phi) is 5.62. The minimum absolute atomic E-state index is 0.0735. The van der Waals surface area contributed by atoms with E-state index in [0.29, 0.717) is 5.75 Å². The van der Waals surface area contributed by atoms with Gasteiger partial charge in [-0.1, -0.05) is 30.3 Å². The third kappa shape index (κ3) is 3.76. The molecule has 0 aliphatic heterocycles. The second kappa shape index (κ2) is 7.75. The van der Waals surface area contributed by atoms with Crippen molar-refractivity contribution in [3.63, 3.8) is 0 Å². The number of sulfonamides is 1. The molecule has 7 heteroatoms. The van der Waals surface area contributed by atoms with Gasteiger partial charge in [0.05, 0.1) is 7.11 Å². The van der Waals surface area contributed by atoms with Crippen LogP contribution in [0, 0.1) is 0 Å². The molecule has 138 valence electrons. The minimum Gasteiger partial charge on any atom is -0.495 e. The lowest BCUT2D eigenvalue weighted by Crippen LogP contribution is -2.34. The topological polar surface area (TPSA) is 58.6 Å². The molecule has 0 unspecified atom stereocenters. The lowest BCUT2D eigenvalue weighted by atomic mass is 10.1. The Morgan fingerprint density at radius 3 is 2.54 bits per heavy atom. The van der Waals surface area contributed by atoms with E-state index in [4.69, 9.17) is 4.74 Å². The number of nitrogens with zero attached hydrogens (tertiary/aromatic N) is 1. The molecule has 0 radical (unpaired) electrons. The average molecular weight is 391 g/mol. The summed E-state index contributed by atoms with van der Waals surface area (Å²) in [5.74, 6) is 0.336. The lowest BCUT2D eigenvalue weighted by molar-refractivity contribution is 0.301. The van der Waals surface area contributed by atoms with Crippen molar-refractivity contribution >= 4 is 31.4 Å². The molecule has 1 atom stereocenters. The van der Waals surface area contributed by atoms with Gasteiger partial charge in [0.2, 0.25) is 10.0 Å². The molecule has 26 heavy (non-hydrogen) atoms. The van der Waals surface area contributed by atoms with E-state index in [1.807, 2.05) is 31.1 Å². The number of rotatable bonds is 7. The van der Waals surface area contributed by atoms with Crippen LogP contribution in [0.5, 0.6) is 5.75 Å². The van der Waals surface area contributed by atoms with Crippen molar-refractivity contribution in [3.05, 3.63) is 59.5 Å². The normalized spacial score (nSPS) is 13.2. The molecule has 1 aromatic heterocycles. The first-order chi connectivity index (χ1) is 12.4. The molecular formula is C19H22N2O3S2. The zero-order chi connectivity index (χ0) is 18.7. The Bertz CT molecular complexity index is 997. The van der Waals surface area contributed by atoms with Crippen molar-refractivity contribution in [1.82, 2.24) is 9.62 Å². The largest absolute Gasteiger partial charge is 0.495 e. The second-order valence-electron chi connectivity index (χ2n) is 6.17. The molecule has 3 aromatic rings. The van der Waals surface area contributed by atoms with Crippen LogP contribution >= 0.6 is 11.3 Å². The fraction of sp³-hybridized carbons (Fsp3) is 0.263. The highest BCUT2D eigenvalue weighted by molar-refractivity contribution is 7.89. The highest BCUT2D eigenvalue weighted by atomic mass is 32.2. The van der Waals surface area contributed by atoms with Crippen molar-refractivity contribution in [3.8, 4) is 5.75 Å². The van der Waals surface area contributed by atoms with E-state index >= 15 is 0 Å². The van der Waals surface area contributed by atoms with E-state index in [1.54, 1.807) is 35.6 Å². The van der Waals surface area contributed by atoms with Gasteiger partial charge < -0.3 is 9.64 Å². The molecule has 1 heterocycles. The Morgan fingerprint density at radius 2 is 1.81 bits per heavy atom. The number of methoxy groups -OCH3 is 1. The van der Waals surface area contributed by atoms with Gasteiger partial charge in [0.15, 0.2) is 0 Å². The highest BCUT2D eigenvalue weighted by Gasteiger charge is 2.23. The standard InChI is InChI=1S/C19H22N2O3S2/c1-21(2)16(15-13-25-18-10-6-4-8-14(15)18)12-20-26(22,23)19-11-7-5-9-17(19)24-3/h4-11,13,16,20H,12H2,1-3H3/t16-/m1/s1. The number of ether oxygens (including phenoxy) is 1. The Balaban J connectivity index is 1.88. The number of para-hydroxylation sites is 1. The van der Waals surface area contributed by atoms with Gasteiger partial charge in [-0.05, 0) is 48.6 Å². The number of benzene rings is 2. The van der Waals surface area contributed by atoms with E-state index in [9.17, 15) is 8.42 Å². The molecule has 3 rings (SSSR count). The molecule has 0 aliphatic rings. The van der Waals surface area contributed by atoms with Gasteiger partial charge >= 0.3 is 0 Å². The van der Waals surface area contributed by atoms with Crippen LogP contribution in [0.25, 0.3) is 10.1 Å². The van der Waals surface area contributed by atoms with Gasteiger partial charge in [-0.25, -0.2) is 13.1 Å². The van der Waals surface area contributed by atoms with E-state index in [-0.39, 0.29) is 17.5 Å². The van der Waals surface area contributed by atoms with Gasteiger partial charge in [-0.3, -0.25) is 0 Å². The first-order valence-corrected chi connectivity index (χ1v) is 10.6. The van der Waals surface area contributed by atoms with Gasteiger partial charge in [0.1, 0.15) is 10.6 Å². The second-order valence-corrected chi connectivity index (χ2v) is 8.82. The maximum Gasteiger partial charge on any atom is 0.244 e. The van der Waals surface area contributed by atoms with Crippen molar-refractivity contribution in [2.24, 2.45) is 0 Å². The molecule has 0 fully saturated rings. The van der Waals surface area contributed by atoms with Gasteiger partial charge in [0.25, 0.3) is 0 Å². The Morgan fingerprint density at radius 1 is 1.12 bits per heavy atom. The molecule has 0 bridgehead atoms. The summed E-state index contributed by atoms with van der Waals surface area (Å²) >= 11 is 1.67. The number of hydrogen-bond donors (Lipinski definition) is 1. The van der Waals surface area contributed by atoms with E-state index in [2.05, 4.69) is 22.2 Å². The van der Waals surface area contributed by atoms with Gasteiger partial charge in [0, 0.05) is 17.3 Å². The quantitative estimate of drug-likeness (QED) is 0.671. The van der Waals surface area contributed by atoms with Gasteiger partial charge in [-0.15, -0.1) is 11.3 Å². The molecule has 5 nitrogen and oxygen atoms in total. The fourth-order valence-electron chi connectivity index (χ4n) is 2.93. The highest BCUT2D eigenvalue weighted by Crippen LogP contribution is 2.32. The molecule has 0 spiro atoms. The SMILES string of the molecule is COc1ccccc1S(=O)(=O)NC[C@H](c1csc2ccccc12)N(C)C. The predicted octanol–water partition coefficient (Wildman–Crippen LogP) is 3.49. The summed E-state index contributed by atoms with van der Waals surface area (Å²) in [6, 6.07) is 14.7. The van der Waals surface area contributed by atoms with Crippen LogP contribution in [-0.2, 0) is 10.0 Å². The summed E-state index contributed by atoms with van der Waals surface area (Å²) in [6.07, 6.45) is 0. The minimum atomic E-state index is -3.67. The average Bonchev–Trinajstić information content (AvgIpc) is 3.05. The maximum absolute atomic E-state index is 12.8. The maximum atomic E-state index is 12.8. The van der Waals surface area contributed by atoms with Crippen LogP contribution in [0.4, 0.5) is 0 Å². The summed E-state index contributed by atoms with van der Waals surface area (Å²) in [5, 5.41) is 3.26. The van der Waals surface area contributed by atoms with Crippen molar-refractivity contribution < 1.29 is 13.2 Å².